The molecular weight excluding hydrogens is 338 g/mol. The van der Waals surface area contributed by atoms with Gasteiger partial charge in [0.25, 0.3) is 0 Å². The van der Waals surface area contributed by atoms with Crippen molar-refractivity contribution in [2.45, 2.75) is 25.9 Å². The van der Waals surface area contributed by atoms with E-state index in [0.717, 1.165) is 45.0 Å². The summed E-state index contributed by atoms with van der Waals surface area (Å²) in [5, 5.41) is 3.03. The second kappa shape index (κ2) is 9.53. The van der Waals surface area contributed by atoms with Crippen molar-refractivity contribution >= 4 is 17.3 Å². The average Bonchev–Trinajstić information content (AvgIpc) is 2.70. The maximum Gasteiger partial charge on any atom is 0.241 e. The number of carbonyl (C=O) groups is 1. The Balaban J connectivity index is 1.69. The van der Waals surface area contributed by atoms with Gasteiger partial charge >= 0.3 is 0 Å². The Morgan fingerprint density at radius 1 is 1.11 bits per heavy atom. The lowest BCUT2D eigenvalue weighted by Gasteiger charge is -2.32. The molecule has 1 saturated heterocycles. The SMILES string of the molecule is CC[C@H](C(=O)Nc1ccccc1)N(C)Cc1ccccc1N1CCOCC1. The first-order valence-electron chi connectivity index (χ1n) is 9.65. The van der Waals surface area contributed by atoms with Gasteiger partial charge in [-0.15, -0.1) is 0 Å². The first-order valence-corrected chi connectivity index (χ1v) is 9.65. The van der Waals surface area contributed by atoms with Crippen LogP contribution in [0.1, 0.15) is 18.9 Å². The molecule has 0 unspecified atom stereocenters. The van der Waals surface area contributed by atoms with E-state index in [1.165, 1.54) is 11.3 Å². The number of rotatable bonds is 7. The molecule has 1 atom stereocenters. The number of benzene rings is 2. The maximum atomic E-state index is 12.8. The fraction of sp³-hybridized carbons (Fsp3) is 0.409. The molecule has 0 aliphatic carbocycles. The fourth-order valence-corrected chi connectivity index (χ4v) is 3.58. The van der Waals surface area contributed by atoms with E-state index in [9.17, 15) is 4.79 Å². The highest BCUT2D eigenvalue weighted by atomic mass is 16.5. The predicted octanol–water partition coefficient (Wildman–Crippen LogP) is 3.37. The standard InChI is InChI=1S/C22H29N3O2/c1-3-20(22(26)23-19-10-5-4-6-11-19)24(2)17-18-9-7-8-12-21(18)25-13-15-27-16-14-25/h4-12,20H,3,13-17H2,1-2H3,(H,23,26)/t20-/m1/s1. The molecule has 0 aromatic heterocycles. The van der Waals surface area contributed by atoms with Crippen LogP contribution in [0.4, 0.5) is 11.4 Å². The van der Waals surface area contributed by atoms with Gasteiger partial charge in [-0.3, -0.25) is 9.69 Å². The normalized spacial score (nSPS) is 15.6. The third-order valence-corrected chi connectivity index (χ3v) is 5.03. The van der Waals surface area contributed by atoms with Crippen molar-refractivity contribution in [3.8, 4) is 0 Å². The van der Waals surface area contributed by atoms with Crippen molar-refractivity contribution in [3.05, 3.63) is 60.2 Å². The zero-order valence-electron chi connectivity index (χ0n) is 16.2. The molecule has 5 nitrogen and oxygen atoms in total. The van der Waals surface area contributed by atoms with Gasteiger partial charge in [0.05, 0.1) is 19.3 Å². The molecule has 1 N–H and O–H groups in total. The number of amides is 1. The summed E-state index contributed by atoms with van der Waals surface area (Å²) in [5.74, 6) is 0.0371. The minimum absolute atomic E-state index is 0.0371. The molecule has 1 heterocycles. The van der Waals surface area contributed by atoms with E-state index >= 15 is 0 Å². The Labute approximate surface area is 161 Å². The number of nitrogens with one attached hydrogen (secondary N) is 1. The van der Waals surface area contributed by atoms with Gasteiger partial charge in [0, 0.05) is 31.0 Å². The number of morpholine rings is 1. The molecule has 0 spiro atoms. The molecule has 0 radical (unpaired) electrons. The van der Waals surface area contributed by atoms with E-state index in [4.69, 9.17) is 4.74 Å². The molecule has 0 bridgehead atoms. The molecule has 1 fully saturated rings. The van der Waals surface area contributed by atoms with Gasteiger partial charge in [0.15, 0.2) is 0 Å². The minimum atomic E-state index is -0.178. The molecule has 144 valence electrons. The van der Waals surface area contributed by atoms with Crippen LogP contribution in [-0.2, 0) is 16.1 Å². The number of nitrogens with zero attached hydrogens (tertiary/aromatic N) is 2. The van der Waals surface area contributed by atoms with E-state index in [0.29, 0.717) is 0 Å². The molecule has 2 aromatic carbocycles. The Morgan fingerprint density at radius 3 is 2.48 bits per heavy atom. The third-order valence-electron chi connectivity index (χ3n) is 5.03. The smallest absolute Gasteiger partial charge is 0.241 e. The number of hydrogen-bond donors (Lipinski definition) is 1. The zero-order valence-corrected chi connectivity index (χ0v) is 16.2. The van der Waals surface area contributed by atoms with Crippen LogP contribution >= 0.6 is 0 Å². The highest BCUT2D eigenvalue weighted by molar-refractivity contribution is 5.94. The van der Waals surface area contributed by atoms with E-state index in [1.54, 1.807) is 0 Å². The second-order valence-electron chi connectivity index (χ2n) is 6.92. The van der Waals surface area contributed by atoms with Gasteiger partial charge in [0.1, 0.15) is 0 Å². The van der Waals surface area contributed by atoms with Gasteiger partial charge in [0.2, 0.25) is 5.91 Å². The molecule has 27 heavy (non-hydrogen) atoms. The van der Waals surface area contributed by atoms with Crippen molar-refractivity contribution in [1.29, 1.82) is 0 Å². The minimum Gasteiger partial charge on any atom is -0.378 e. The largest absolute Gasteiger partial charge is 0.378 e. The first-order chi connectivity index (χ1) is 13.2. The molecule has 0 saturated carbocycles. The summed E-state index contributed by atoms with van der Waals surface area (Å²) in [6.45, 7) is 6.13. The first kappa shape index (κ1) is 19.4. The van der Waals surface area contributed by atoms with Crippen LogP contribution in [0.15, 0.2) is 54.6 Å². The van der Waals surface area contributed by atoms with Gasteiger partial charge in [-0.2, -0.15) is 0 Å². The van der Waals surface area contributed by atoms with Gasteiger partial charge in [-0.25, -0.2) is 0 Å². The quantitative estimate of drug-likeness (QED) is 0.815. The molecular formula is C22H29N3O2. The van der Waals surface area contributed by atoms with Crippen molar-refractivity contribution in [1.82, 2.24) is 4.90 Å². The Hall–Kier alpha value is -2.37. The van der Waals surface area contributed by atoms with Crippen molar-refractivity contribution < 1.29 is 9.53 Å². The average molecular weight is 367 g/mol. The van der Waals surface area contributed by atoms with Gasteiger partial charge < -0.3 is 15.0 Å². The molecule has 2 aromatic rings. The summed E-state index contributed by atoms with van der Waals surface area (Å²) in [4.78, 5) is 17.3. The Kier molecular flexibility index (Phi) is 6.85. The van der Waals surface area contributed by atoms with Crippen LogP contribution in [0.2, 0.25) is 0 Å². The monoisotopic (exact) mass is 367 g/mol. The number of anilines is 2. The van der Waals surface area contributed by atoms with E-state index in [-0.39, 0.29) is 11.9 Å². The lowest BCUT2D eigenvalue weighted by atomic mass is 10.1. The highest BCUT2D eigenvalue weighted by Crippen LogP contribution is 2.24. The van der Waals surface area contributed by atoms with Crippen LogP contribution in [0.3, 0.4) is 0 Å². The van der Waals surface area contributed by atoms with Crippen molar-refractivity contribution in [2.75, 3.05) is 43.6 Å². The van der Waals surface area contributed by atoms with Crippen LogP contribution in [0, 0.1) is 0 Å². The number of hydrogen-bond acceptors (Lipinski definition) is 4. The lowest BCUT2D eigenvalue weighted by molar-refractivity contribution is -0.121. The van der Waals surface area contributed by atoms with Crippen molar-refractivity contribution in [3.63, 3.8) is 0 Å². The molecule has 1 amide bonds. The number of para-hydroxylation sites is 2. The lowest BCUT2D eigenvalue weighted by Crippen LogP contribution is -2.42. The van der Waals surface area contributed by atoms with E-state index < -0.39 is 0 Å². The fourth-order valence-electron chi connectivity index (χ4n) is 3.58. The number of ether oxygens (including phenoxy) is 1. The summed E-state index contributed by atoms with van der Waals surface area (Å²) in [7, 11) is 2.02. The summed E-state index contributed by atoms with van der Waals surface area (Å²) in [5.41, 5.74) is 3.32. The topological polar surface area (TPSA) is 44.8 Å². The Morgan fingerprint density at radius 2 is 1.78 bits per heavy atom. The van der Waals surface area contributed by atoms with Crippen LogP contribution in [0.25, 0.3) is 0 Å². The maximum absolute atomic E-state index is 12.8. The van der Waals surface area contributed by atoms with Crippen LogP contribution in [-0.4, -0.2) is 50.2 Å². The summed E-state index contributed by atoms with van der Waals surface area (Å²) in [6, 6.07) is 17.9. The van der Waals surface area contributed by atoms with E-state index in [1.807, 2.05) is 37.4 Å². The molecule has 1 aliphatic rings. The second-order valence-corrected chi connectivity index (χ2v) is 6.92. The number of likely N-dealkylation sites (N-methyl/N-ethyl adjacent to an activating group) is 1. The number of carbonyl (C=O) groups excluding carboxylic acids is 1. The Bertz CT molecular complexity index is 729. The van der Waals surface area contributed by atoms with Gasteiger partial charge in [-0.05, 0) is 37.2 Å². The summed E-state index contributed by atoms with van der Waals surface area (Å²) < 4.78 is 5.48. The van der Waals surface area contributed by atoms with E-state index in [2.05, 4.69) is 46.3 Å². The zero-order chi connectivity index (χ0) is 19.1. The molecule has 1 aliphatic heterocycles. The predicted molar refractivity (Wildman–Crippen MR) is 110 cm³/mol. The highest BCUT2D eigenvalue weighted by Gasteiger charge is 2.23. The summed E-state index contributed by atoms with van der Waals surface area (Å²) in [6.07, 6.45) is 0.759. The molecule has 3 rings (SSSR count). The third kappa shape index (κ3) is 5.08. The van der Waals surface area contributed by atoms with Crippen LogP contribution in [0.5, 0.6) is 0 Å². The van der Waals surface area contributed by atoms with Crippen molar-refractivity contribution in [2.24, 2.45) is 0 Å². The molecule has 5 heteroatoms. The van der Waals surface area contributed by atoms with Crippen LogP contribution < -0.4 is 10.2 Å². The summed E-state index contributed by atoms with van der Waals surface area (Å²) >= 11 is 0. The van der Waals surface area contributed by atoms with Gasteiger partial charge in [-0.1, -0.05) is 43.3 Å².